The van der Waals surface area contributed by atoms with Gasteiger partial charge in [-0.15, -0.1) is 0 Å². The number of rotatable bonds is 9. The molecule has 9 heteroatoms. The second kappa shape index (κ2) is 9.65. The highest BCUT2D eigenvalue weighted by Gasteiger charge is 2.20. The zero-order valence-corrected chi connectivity index (χ0v) is 17.2. The van der Waals surface area contributed by atoms with Crippen molar-refractivity contribution >= 4 is 42.1 Å². The van der Waals surface area contributed by atoms with E-state index in [1.807, 2.05) is 25.1 Å². The molecule has 0 saturated carbocycles. The highest BCUT2D eigenvalue weighted by atomic mass is 35.5. The number of ether oxygens (including phenoxy) is 1. The number of nitrogens with one attached hydrogen (secondary N) is 1. The Morgan fingerprint density at radius 2 is 2.04 bits per heavy atom. The predicted molar refractivity (Wildman–Crippen MR) is 106 cm³/mol. The zero-order valence-electron chi connectivity index (χ0n) is 14.8. The summed E-state index contributed by atoms with van der Waals surface area (Å²) >= 11 is 11.6. The third-order valence-electron chi connectivity index (χ3n) is 3.73. The Morgan fingerprint density at radius 1 is 1.31 bits per heavy atom. The Morgan fingerprint density at radius 3 is 2.65 bits per heavy atom. The van der Waals surface area contributed by atoms with Gasteiger partial charge in [0.2, 0.25) is 0 Å². The van der Waals surface area contributed by atoms with Crippen molar-refractivity contribution in [2.45, 2.75) is 13.5 Å². The van der Waals surface area contributed by atoms with Crippen molar-refractivity contribution in [3.8, 4) is 0 Å². The number of halogens is 1. The molecule has 1 N–H and O–H groups in total. The van der Waals surface area contributed by atoms with Crippen molar-refractivity contribution in [3.63, 3.8) is 0 Å². The Bertz CT molecular complexity index is 802. The van der Waals surface area contributed by atoms with Gasteiger partial charge < -0.3 is 23.5 Å². The van der Waals surface area contributed by atoms with Crippen LogP contribution in [0.15, 0.2) is 34.9 Å². The fourth-order valence-electron chi connectivity index (χ4n) is 2.20. The number of thiocarbonyl (C=S) groups is 1. The maximum atomic E-state index is 12.0. The quantitative estimate of drug-likeness (QED) is 0.348. The minimum atomic E-state index is -3.07. The largest absolute Gasteiger partial charge is 0.469 e. The predicted octanol–water partition coefficient (Wildman–Crippen LogP) is 5.03. The van der Waals surface area contributed by atoms with Gasteiger partial charge in [-0.25, -0.2) is 0 Å². The first-order valence-corrected chi connectivity index (χ1v) is 10.3. The van der Waals surface area contributed by atoms with E-state index < -0.39 is 7.60 Å². The van der Waals surface area contributed by atoms with Crippen LogP contribution in [0.25, 0.3) is 0 Å². The monoisotopic (exact) mass is 417 g/mol. The van der Waals surface area contributed by atoms with E-state index in [4.69, 9.17) is 42.0 Å². The van der Waals surface area contributed by atoms with Crippen molar-refractivity contribution in [2.75, 3.05) is 32.3 Å². The molecule has 0 radical (unpaired) electrons. The van der Waals surface area contributed by atoms with E-state index in [9.17, 15) is 4.57 Å². The zero-order chi connectivity index (χ0) is 19.2. The number of benzene rings is 1. The molecule has 0 amide bonds. The van der Waals surface area contributed by atoms with Crippen LogP contribution >= 0.6 is 31.4 Å². The molecule has 26 heavy (non-hydrogen) atoms. The van der Waals surface area contributed by atoms with Gasteiger partial charge in [-0.3, -0.25) is 4.57 Å². The maximum Gasteiger partial charge on any atom is 0.332 e. The topological polar surface area (TPSA) is 69.9 Å². The normalized spacial score (nSPS) is 11.5. The van der Waals surface area contributed by atoms with Crippen LogP contribution in [-0.2, 0) is 25.0 Å². The number of hydrogen-bond donors (Lipinski definition) is 1. The van der Waals surface area contributed by atoms with Gasteiger partial charge in [0.1, 0.15) is 10.7 Å². The Labute approximate surface area is 163 Å². The molecule has 1 heterocycles. The first-order chi connectivity index (χ1) is 12.4. The van der Waals surface area contributed by atoms with E-state index in [1.54, 1.807) is 12.3 Å². The lowest BCUT2D eigenvalue weighted by atomic mass is 10.2. The van der Waals surface area contributed by atoms with Gasteiger partial charge in [-0.05, 0) is 36.8 Å². The highest BCUT2D eigenvalue weighted by Crippen LogP contribution is 2.45. The second-order valence-corrected chi connectivity index (χ2v) is 8.62. The van der Waals surface area contributed by atoms with Gasteiger partial charge in [0.25, 0.3) is 0 Å². The molecule has 0 aliphatic heterocycles. The van der Waals surface area contributed by atoms with Gasteiger partial charge in [-0.1, -0.05) is 23.8 Å². The summed E-state index contributed by atoms with van der Waals surface area (Å²) in [6.07, 6.45) is 1.76. The fourth-order valence-corrected chi connectivity index (χ4v) is 3.57. The van der Waals surface area contributed by atoms with Crippen LogP contribution in [0.5, 0.6) is 0 Å². The lowest BCUT2D eigenvalue weighted by molar-refractivity contribution is 0.130. The number of anilines is 1. The average molecular weight is 418 g/mol. The fraction of sp³-hybridized carbons (Fsp3) is 0.353. The van der Waals surface area contributed by atoms with Crippen LogP contribution in [0.3, 0.4) is 0 Å². The van der Waals surface area contributed by atoms with Crippen LogP contribution in [0.2, 0.25) is 5.02 Å². The Kier molecular flexibility index (Phi) is 7.83. The van der Waals surface area contributed by atoms with E-state index in [0.29, 0.717) is 10.0 Å². The van der Waals surface area contributed by atoms with Gasteiger partial charge >= 0.3 is 7.60 Å². The Hall–Kier alpha value is -1.21. The first kappa shape index (κ1) is 21.1. The molecule has 0 unspecified atom stereocenters. The minimum Gasteiger partial charge on any atom is -0.469 e. The van der Waals surface area contributed by atoms with Crippen LogP contribution in [0, 0.1) is 6.92 Å². The summed E-state index contributed by atoms with van der Waals surface area (Å²) in [5, 5.41) is 3.73. The van der Waals surface area contributed by atoms with E-state index in [2.05, 4.69) is 5.32 Å². The van der Waals surface area contributed by atoms with Crippen LogP contribution in [-0.4, -0.2) is 32.0 Å². The molecule has 0 fully saturated rings. The lowest BCUT2D eigenvalue weighted by Gasteiger charge is -2.14. The third kappa shape index (κ3) is 5.64. The van der Waals surface area contributed by atoms with Crippen LogP contribution in [0.4, 0.5) is 5.69 Å². The van der Waals surface area contributed by atoms with E-state index >= 15 is 0 Å². The molecule has 0 aliphatic carbocycles. The summed E-state index contributed by atoms with van der Waals surface area (Å²) in [5.74, 6) is 0.751. The molecule has 0 spiro atoms. The van der Waals surface area contributed by atoms with Crippen molar-refractivity contribution in [2.24, 2.45) is 0 Å². The molecule has 142 valence electrons. The van der Waals surface area contributed by atoms with Crippen molar-refractivity contribution in [3.05, 3.63) is 52.4 Å². The van der Waals surface area contributed by atoms with Crippen LogP contribution < -0.4 is 5.32 Å². The Balaban J connectivity index is 1.96. The van der Waals surface area contributed by atoms with Crippen molar-refractivity contribution < 1.29 is 22.8 Å². The summed E-state index contributed by atoms with van der Waals surface area (Å²) in [6, 6.07) is 7.27. The standard InChI is InChI=1S/C17H21ClNO5PS/c1-12-15(6-7-24-12)17(26)19-14-4-5-16(18)13(10-14)11-23-8-9-25(20,21-2)22-3/h4-7,10H,8-9,11H2,1-3H3,(H,19,26). The van der Waals surface area contributed by atoms with Crippen LogP contribution in [0.1, 0.15) is 16.9 Å². The SMILES string of the molecule is COP(=O)(CCOCc1cc(NC(=S)c2ccoc2C)ccc1Cl)OC. The van der Waals surface area contributed by atoms with Gasteiger partial charge in [-0.2, -0.15) is 0 Å². The molecule has 2 rings (SSSR count). The van der Waals surface area contributed by atoms with Gasteiger partial charge in [0.05, 0.1) is 31.2 Å². The van der Waals surface area contributed by atoms with E-state index in [-0.39, 0.29) is 19.4 Å². The molecule has 1 aromatic carbocycles. The summed E-state index contributed by atoms with van der Waals surface area (Å²) in [7, 11) is -0.375. The second-order valence-electron chi connectivity index (χ2n) is 5.40. The maximum absolute atomic E-state index is 12.0. The minimum absolute atomic E-state index is 0.166. The molecule has 0 saturated heterocycles. The first-order valence-electron chi connectivity index (χ1n) is 7.80. The molecule has 2 aromatic rings. The molecule has 0 bridgehead atoms. The lowest BCUT2D eigenvalue weighted by Crippen LogP contribution is -2.11. The molecule has 6 nitrogen and oxygen atoms in total. The summed E-state index contributed by atoms with van der Waals surface area (Å²) < 4.78 is 32.5. The third-order valence-corrected chi connectivity index (χ3v) is 6.26. The number of furan rings is 1. The molecule has 0 atom stereocenters. The summed E-state index contributed by atoms with van der Waals surface area (Å²) in [6.45, 7) is 2.34. The van der Waals surface area contributed by atoms with E-state index in [1.165, 1.54) is 14.2 Å². The van der Waals surface area contributed by atoms with Crippen molar-refractivity contribution in [1.29, 1.82) is 0 Å². The summed E-state index contributed by atoms with van der Waals surface area (Å²) in [5.41, 5.74) is 2.41. The van der Waals surface area contributed by atoms with E-state index in [0.717, 1.165) is 22.6 Å². The smallest absolute Gasteiger partial charge is 0.332 e. The number of aryl methyl sites for hydroxylation is 1. The summed E-state index contributed by atoms with van der Waals surface area (Å²) in [4.78, 5) is 0.562. The number of hydrogen-bond acceptors (Lipinski definition) is 6. The van der Waals surface area contributed by atoms with Crippen molar-refractivity contribution in [1.82, 2.24) is 0 Å². The highest BCUT2D eigenvalue weighted by molar-refractivity contribution is 7.81. The molecule has 1 aromatic heterocycles. The average Bonchev–Trinajstić information content (AvgIpc) is 3.07. The molecular weight excluding hydrogens is 397 g/mol. The van der Waals surface area contributed by atoms with Gasteiger partial charge in [0.15, 0.2) is 0 Å². The van der Waals surface area contributed by atoms with Gasteiger partial charge in [0, 0.05) is 24.9 Å². The molecule has 0 aliphatic rings. The molecular formula is C17H21ClNO5PS.